The molecule has 2 rings (SSSR count). The van der Waals surface area contributed by atoms with Gasteiger partial charge in [-0.2, -0.15) is 0 Å². The largest absolute Gasteiger partial charge is 0.483 e. The van der Waals surface area contributed by atoms with E-state index >= 15 is 0 Å². The molecule has 1 heterocycles. The third kappa shape index (κ3) is 4.21. The van der Waals surface area contributed by atoms with Crippen molar-refractivity contribution >= 4 is 11.8 Å². The van der Waals surface area contributed by atoms with Gasteiger partial charge < -0.3 is 15.4 Å². The lowest BCUT2D eigenvalue weighted by Gasteiger charge is -2.23. The second-order valence-electron chi connectivity index (χ2n) is 5.62. The molecule has 2 N–H and O–H groups in total. The number of rotatable bonds is 4. The van der Waals surface area contributed by atoms with Gasteiger partial charge in [0.1, 0.15) is 5.75 Å². The van der Waals surface area contributed by atoms with E-state index in [-0.39, 0.29) is 24.5 Å². The maximum absolute atomic E-state index is 11.9. The van der Waals surface area contributed by atoms with Crippen LogP contribution in [0.2, 0.25) is 0 Å². The van der Waals surface area contributed by atoms with Crippen molar-refractivity contribution in [2.75, 3.05) is 13.2 Å². The Kier molecular flexibility index (Phi) is 4.83. The van der Waals surface area contributed by atoms with Crippen LogP contribution in [0.25, 0.3) is 0 Å². The van der Waals surface area contributed by atoms with E-state index in [0.717, 1.165) is 16.9 Å². The van der Waals surface area contributed by atoms with Crippen LogP contribution in [0, 0.1) is 20.8 Å². The summed E-state index contributed by atoms with van der Waals surface area (Å²) in [5, 5.41) is 5.62. The van der Waals surface area contributed by atoms with Crippen LogP contribution in [0.5, 0.6) is 5.75 Å². The van der Waals surface area contributed by atoms with Crippen LogP contribution < -0.4 is 15.4 Å². The number of ether oxygens (including phenoxy) is 1. The van der Waals surface area contributed by atoms with Gasteiger partial charge in [-0.3, -0.25) is 9.59 Å². The van der Waals surface area contributed by atoms with Crippen LogP contribution in [-0.4, -0.2) is 31.0 Å². The lowest BCUT2D eigenvalue weighted by molar-refractivity contribution is -0.126. The average Bonchev–Trinajstić information content (AvgIpc) is 2.40. The van der Waals surface area contributed by atoms with Gasteiger partial charge in [0.15, 0.2) is 6.61 Å². The molecule has 0 radical (unpaired) electrons. The summed E-state index contributed by atoms with van der Waals surface area (Å²) in [7, 11) is 0. The molecule has 0 aliphatic carbocycles. The molecule has 1 aromatic carbocycles. The van der Waals surface area contributed by atoms with E-state index in [1.165, 1.54) is 5.56 Å². The number of benzene rings is 1. The van der Waals surface area contributed by atoms with E-state index in [9.17, 15) is 9.59 Å². The predicted molar refractivity (Wildman–Crippen MR) is 80.3 cm³/mol. The maximum atomic E-state index is 11.9. The number of hydrogen-bond acceptors (Lipinski definition) is 3. The Morgan fingerprint density at radius 3 is 2.57 bits per heavy atom. The van der Waals surface area contributed by atoms with Gasteiger partial charge in [0, 0.05) is 19.0 Å². The Morgan fingerprint density at radius 2 is 2.00 bits per heavy atom. The summed E-state index contributed by atoms with van der Waals surface area (Å²) in [6, 6.07) is 4.08. The fourth-order valence-corrected chi connectivity index (χ4v) is 2.66. The Balaban J connectivity index is 1.85. The highest BCUT2D eigenvalue weighted by molar-refractivity contribution is 5.79. The molecule has 1 aromatic rings. The van der Waals surface area contributed by atoms with Crippen LogP contribution in [0.4, 0.5) is 0 Å². The van der Waals surface area contributed by atoms with Crippen LogP contribution in [0.15, 0.2) is 12.1 Å². The lowest BCUT2D eigenvalue weighted by atomic mass is 10.1. The average molecular weight is 290 g/mol. The number of hydrogen-bond donors (Lipinski definition) is 2. The number of aryl methyl sites for hydroxylation is 3. The first kappa shape index (κ1) is 15.4. The highest BCUT2D eigenvalue weighted by Gasteiger charge is 2.19. The Hall–Kier alpha value is -2.04. The van der Waals surface area contributed by atoms with Gasteiger partial charge in [0.05, 0.1) is 0 Å². The van der Waals surface area contributed by atoms with Crippen molar-refractivity contribution in [3.05, 3.63) is 28.8 Å². The van der Waals surface area contributed by atoms with Crippen LogP contribution in [0.3, 0.4) is 0 Å². The minimum atomic E-state index is -0.157. The van der Waals surface area contributed by atoms with Gasteiger partial charge in [-0.25, -0.2) is 0 Å². The molecule has 1 fully saturated rings. The van der Waals surface area contributed by atoms with Gasteiger partial charge in [-0.1, -0.05) is 17.7 Å². The van der Waals surface area contributed by atoms with Gasteiger partial charge in [-0.15, -0.1) is 0 Å². The molecule has 1 unspecified atom stereocenters. The van der Waals surface area contributed by atoms with Crippen molar-refractivity contribution in [1.82, 2.24) is 10.6 Å². The number of piperidine rings is 1. The summed E-state index contributed by atoms with van der Waals surface area (Å²) in [5.74, 6) is 0.658. The smallest absolute Gasteiger partial charge is 0.258 e. The topological polar surface area (TPSA) is 67.4 Å². The molecule has 0 aromatic heterocycles. The molecule has 1 aliphatic rings. The molecule has 0 bridgehead atoms. The molecule has 1 aliphatic heterocycles. The summed E-state index contributed by atoms with van der Waals surface area (Å²) >= 11 is 0. The van der Waals surface area contributed by atoms with Crippen LogP contribution >= 0.6 is 0 Å². The second kappa shape index (κ2) is 6.61. The molecular weight excluding hydrogens is 268 g/mol. The van der Waals surface area contributed by atoms with Crippen molar-refractivity contribution in [2.24, 2.45) is 0 Å². The SMILES string of the molecule is Cc1cc(C)c(OCC(=O)NC2CCC(=O)NC2)c(C)c1. The molecule has 1 saturated heterocycles. The first-order valence-electron chi connectivity index (χ1n) is 7.22. The molecule has 0 spiro atoms. The van der Waals surface area contributed by atoms with Gasteiger partial charge >= 0.3 is 0 Å². The van der Waals surface area contributed by atoms with E-state index in [4.69, 9.17) is 4.74 Å². The standard InChI is InChI=1S/C16H22N2O3/c1-10-6-11(2)16(12(3)7-10)21-9-15(20)18-13-4-5-14(19)17-8-13/h6-7,13H,4-5,8-9H2,1-3H3,(H,17,19)(H,18,20). The van der Waals surface area contributed by atoms with Gasteiger partial charge in [-0.05, 0) is 38.3 Å². The first-order chi connectivity index (χ1) is 9.95. The Labute approximate surface area is 125 Å². The molecule has 0 saturated carbocycles. The minimum absolute atomic E-state index is 0.000915. The monoisotopic (exact) mass is 290 g/mol. The highest BCUT2D eigenvalue weighted by atomic mass is 16.5. The number of nitrogens with one attached hydrogen (secondary N) is 2. The third-order valence-electron chi connectivity index (χ3n) is 3.58. The summed E-state index contributed by atoms with van der Waals surface area (Å²) in [5.41, 5.74) is 3.25. The van der Waals surface area contributed by atoms with Crippen molar-refractivity contribution in [3.63, 3.8) is 0 Å². The minimum Gasteiger partial charge on any atom is -0.483 e. The quantitative estimate of drug-likeness (QED) is 0.880. The summed E-state index contributed by atoms with van der Waals surface area (Å²) in [6.45, 7) is 6.48. The van der Waals surface area contributed by atoms with E-state index in [1.54, 1.807) is 0 Å². The molecule has 5 heteroatoms. The molecule has 21 heavy (non-hydrogen) atoms. The normalized spacial score (nSPS) is 18.0. The van der Waals surface area contributed by atoms with E-state index in [2.05, 4.69) is 10.6 Å². The van der Waals surface area contributed by atoms with Crippen molar-refractivity contribution in [3.8, 4) is 5.75 Å². The van der Waals surface area contributed by atoms with Gasteiger partial charge in [0.2, 0.25) is 5.91 Å². The predicted octanol–water partition coefficient (Wildman–Crippen LogP) is 1.39. The number of carbonyl (C=O) groups is 2. The third-order valence-corrected chi connectivity index (χ3v) is 3.58. The van der Waals surface area contributed by atoms with Crippen LogP contribution in [-0.2, 0) is 9.59 Å². The fraction of sp³-hybridized carbons (Fsp3) is 0.500. The zero-order chi connectivity index (χ0) is 15.4. The van der Waals surface area contributed by atoms with Gasteiger partial charge in [0.25, 0.3) is 5.91 Å². The fourth-order valence-electron chi connectivity index (χ4n) is 2.66. The van der Waals surface area contributed by atoms with Crippen molar-refractivity contribution in [2.45, 2.75) is 39.7 Å². The number of carbonyl (C=O) groups excluding carboxylic acids is 2. The summed E-state index contributed by atoms with van der Waals surface area (Å²) in [4.78, 5) is 23.0. The van der Waals surface area contributed by atoms with E-state index < -0.39 is 0 Å². The second-order valence-corrected chi connectivity index (χ2v) is 5.62. The van der Waals surface area contributed by atoms with E-state index in [0.29, 0.717) is 19.4 Å². The maximum Gasteiger partial charge on any atom is 0.258 e. The van der Waals surface area contributed by atoms with Crippen molar-refractivity contribution < 1.29 is 14.3 Å². The molecule has 1 atom stereocenters. The molecule has 114 valence electrons. The van der Waals surface area contributed by atoms with E-state index in [1.807, 2.05) is 32.9 Å². The summed E-state index contributed by atoms with van der Waals surface area (Å²) in [6.07, 6.45) is 1.14. The summed E-state index contributed by atoms with van der Waals surface area (Å²) < 4.78 is 5.65. The Bertz CT molecular complexity index is 521. The molecule has 2 amide bonds. The number of amides is 2. The zero-order valence-electron chi connectivity index (χ0n) is 12.8. The highest BCUT2D eigenvalue weighted by Crippen LogP contribution is 2.24. The van der Waals surface area contributed by atoms with Crippen LogP contribution in [0.1, 0.15) is 29.5 Å². The van der Waals surface area contributed by atoms with Crippen molar-refractivity contribution in [1.29, 1.82) is 0 Å². The molecular formula is C16H22N2O3. The molecule has 5 nitrogen and oxygen atoms in total. The first-order valence-corrected chi connectivity index (χ1v) is 7.22. The Morgan fingerprint density at radius 1 is 1.33 bits per heavy atom. The zero-order valence-corrected chi connectivity index (χ0v) is 12.8. The lowest BCUT2D eigenvalue weighted by Crippen LogP contribution is -2.48.